The van der Waals surface area contributed by atoms with Crippen molar-refractivity contribution in [2.45, 2.75) is 33.1 Å². The number of nitrogens with zero attached hydrogens (tertiary/aromatic N) is 1. The fourth-order valence-corrected chi connectivity index (χ4v) is 2.50. The molecule has 4 nitrogen and oxygen atoms in total. The first-order valence-electron chi connectivity index (χ1n) is 7.51. The third kappa shape index (κ3) is 3.57. The molecule has 114 valence electrons. The molecule has 4 heteroatoms. The Morgan fingerprint density at radius 3 is 2.57 bits per heavy atom. The average molecular weight is 289 g/mol. The molecule has 0 spiro atoms. The molecule has 1 aromatic heterocycles. The Morgan fingerprint density at radius 2 is 1.95 bits per heavy atom. The van der Waals surface area contributed by atoms with Crippen molar-refractivity contribution in [2.75, 3.05) is 20.2 Å². The Labute approximate surface area is 125 Å². The summed E-state index contributed by atoms with van der Waals surface area (Å²) in [6.07, 6.45) is 4.03. The van der Waals surface area contributed by atoms with Gasteiger partial charge in [-0.3, -0.25) is 4.79 Å². The van der Waals surface area contributed by atoms with Crippen LogP contribution >= 0.6 is 0 Å². The summed E-state index contributed by atoms with van der Waals surface area (Å²) in [5.41, 5.74) is 1.70. The lowest BCUT2D eigenvalue weighted by Crippen LogP contribution is -2.33. The fraction of sp³-hybridized carbons (Fsp3) is 0.471. The molecule has 1 aromatic carbocycles. The number of carbonyl (C=O) groups is 1. The van der Waals surface area contributed by atoms with E-state index in [-0.39, 0.29) is 5.91 Å². The number of hydrogen-bond donors (Lipinski definition) is 0. The van der Waals surface area contributed by atoms with Gasteiger partial charge in [0.2, 0.25) is 5.91 Å². The van der Waals surface area contributed by atoms with Crippen LogP contribution in [0.25, 0.3) is 11.0 Å². The van der Waals surface area contributed by atoms with E-state index in [1.165, 1.54) is 0 Å². The molecule has 0 saturated heterocycles. The molecule has 2 aromatic rings. The van der Waals surface area contributed by atoms with Crippen LogP contribution in [0.2, 0.25) is 0 Å². The van der Waals surface area contributed by atoms with E-state index in [1.54, 1.807) is 13.4 Å². The third-order valence-electron chi connectivity index (χ3n) is 3.54. The molecule has 0 fully saturated rings. The van der Waals surface area contributed by atoms with Crippen LogP contribution in [0.3, 0.4) is 0 Å². The van der Waals surface area contributed by atoms with E-state index < -0.39 is 0 Å². The lowest BCUT2D eigenvalue weighted by molar-refractivity contribution is -0.130. The van der Waals surface area contributed by atoms with Crippen LogP contribution in [0.5, 0.6) is 5.75 Å². The molecule has 0 radical (unpaired) electrons. The van der Waals surface area contributed by atoms with E-state index in [9.17, 15) is 4.79 Å². The number of rotatable bonds is 7. The number of amides is 1. The van der Waals surface area contributed by atoms with Crippen LogP contribution in [-0.4, -0.2) is 31.0 Å². The first kappa shape index (κ1) is 15.4. The third-order valence-corrected chi connectivity index (χ3v) is 3.54. The van der Waals surface area contributed by atoms with E-state index in [0.29, 0.717) is 6.42 Å². The Morgan fingerprint density at radius 1 is 1.24 bits per heavy atom. The highest BCUT2D eigenvalue weighted by Gasteiger charge is 2.16. The molecule has 0 bridgehead atoms. The molecule has 0 N–H and O–H groups in total. The van der Waals surface area contributed by atoms with Gasteiger partial charge in [-0.2, -0.15) is 0 Å². The number of methoxy groups -OCH3 is 1. The smallest absolute Gasteiger partial charge is 0.227 e. The van der Waals surface area contributed by atoms with Gasteiger partial charge in [0.05, 0.1) is 19.8 Å². The number of furan rings is 1. The zero-order chi connectivity index (χ0) is 15.2. The van der Waals surface area contributed by atoms with Crippen LogP contribution in [0.1, 0.15) is 32.3 Å². The normalized spacial score (nSPS) is 10.8. The van der Waals surface area contributed by atoms with Crippen molar-refractivity contribution < 1.29 is 13.9 Å². The largest absolute Gasteiger partial charge is 0.497 e. The maximum atomic E-state index is 12.4. The standard InChI is InChI=1S/C17H23NO3/c1-4-8-18(9-5-2)17(19)10-13-12-21-16-11-14(20-3)6-7-15(13)16/h6-7,11-12H,4-5,8-10H2,1-3H3. The topological polar surface area (TPSA) is 42.7 Å². The molecule has 0 atom stereocenters. The molecular weight excluding hydrogens is 266 g/mol. The second-order valence-corrected chi connectivity index (χ2v) is 5.18. The first-order chi connectivity index (χ1) is 10.2. The average Bonchev–Trinajstić information content (AvgIpc) is 2.89. The maximum absolute atomic E-state index is 12.4. The molecule has 0 saturated carbocycles. The molecular formula is C17H23NO3. The van der Waals surface area contributed by atoms with Gasteiger partial charge in [0.25, 0.3) is 0 Å². The van der Waals surface area contributed by atoms with E-state index in [1.807, 2.05) is 23.1 Å². The summed E-state index contributed by atoms with van der Waals surface area (Å²) >= 11 is 0. The van der Waals surface area contributed by atoms with Gasteiger partial charge in [-0.1, -0.05) is 13.8 Å². The number of hydrogen-bond acceptors (Lipinski definition) is 3. The molecule has 1 heterocycles. The van der Waals surface area contributed by atoms with Crippen LogP contribution in [0.4, 0.5) is 0 Å². The van der Waals surface area contributed by atoms with Gasteiger partial charge >= 0.3 is 0 Å². The summed E-state index contributed by atoms with van der Waals surface area (Å²) in [5, 5.41) is 0.983. The van der Waals surface area contributed by atoms with Crippen molar-refractivity contribution in [3.05, 3.63) is 30.0 Å². The molecule has 2 rings (SSSR count). The number of carbonyl (C=O) groups excluding carboxylic acids is 1. The van der Waals surface area contributed by atoms with Gasteiger partial charge in [0.15, 0.2) is 0 Å². The van der Waals surface area contributed by atoms with Gasteiger partial charge in [0, 0.05) is 30.1 Å². The van der Waals surface area contributed by atoms with Crippen molar-refractivity contribution in [3.8, 4) is 5.75 Å². The Hall–Kier alpha value is -1.97. The highest BCUT2D eigenvalue weighted by atomic mass is 16.5. The molecule has 0 aliphatic heterocycles. The number of ether oxygens (including phenoxy) is 1. The summed E-state index contributed by atoms with van der Waals surface area (Å²) < 4.78 is 10.7. The predicted molar refractivity (Wildman–Crippen MR) is 83.6 cm³/mol. The minimum Gasteiger partial charge on any atom is -0.497 e. The number of benzene rings is 1. The van der Waals surface area contributed by atoms with Gasteiger partial charge in [-0.05, 0) is 25.0 Å². The maximum Gasteiger partial charge on any atom is 0.227 e. The van der Waals surface area contributed by atoms with Crippen molar-refractivity contribution >= 4 is 16.9 Å². The van der Waals surface area contributed by atoms with Gasteiger partial charge < -0.3 is 14.1 Å². The minimum atomic E-state index is 0.164. The second kappa shape index (κ2) is 7.16. The SMILES string of the molecule is CCCN(CCC)C(=O)Cc1coc2cc(OC)ccc12. The molecule has 0 unspecified atom stereocenters. The van der Waals surface area contributed by atoms with Crippen molar-refractivity contribution in [1.29, 1.82) is 0 Å². The zero-order valence-electron chi connectivity index (χ0n) is 13.0. The zero-order valence-corrected chi connectivity index (χ0v) is 13.0. The quantitative estimate of drug-likeness (QED) is 0.781. The van der Waals surface area contributed by atoms with Crippen LogP contribution < -0.4 is 4.74 Å². The lowest BCUT2D eigenvalue weighted by atomic mass is 10.1. The van der Waals surface area contributed by atoms with Crippen LogP contribution in [0, 0.1) is 0 Å². The monoisotopic (exact) mass is 289 g/mol. The van der Waals surface area contributed by atoms with Gasteiger partial charge in [0.1, 0.15) is 11.3 Å². The number of fused-ring (bicyclic) bond motifs is 1. The van der Waals surface area contributed by atoms with Crippen molar-refractivity contribution in [1.82, 2.24) is 4.90 Å². The first-order valence-corrected chi connectivity index (χ1v) is 7.51. The molecule has 1 amide bonds. The lowest BCUT2D eigenvalue weighted by Gasteiger charge is -2.21. The van der Waals surface area contributed by atoms with E-state index in [0.717, 1.165) is 48.2 Å². The summed E-state index contributed by atoms with van der Waals surface area (Å²) in [4.78, 5) is 14.3. The summed E-state index contributed by atoms with van der Waals surface area (Å²) in [5.74, 6) is 0.922. The highest BCUT2D eigenvalue weighted by Crippen LogP contribution is 2.26. The van der Waals surface area contributed by atoms with Crippen molar-refractivity contribution in [3.63, 3.8) is 0 Å². The summed E-state index contributed by atoms with van der Waals surface area (Å²) in [6, 6.07) is 5.69. The Kier molecular flexibility index (Phi) is 5.26. The molecule has 0 aliphatic carbocycles. The Bertz CT molecular complexity index is 597. The van der Waals surface area contributed by atoms with Gasteiger partial charge in [-0.25, -0.2) is 0 Å². The summed E-state index contributed by atoms with van der Waals surface area (Å²) in [6.45, 7) is 5.82. The van der Waals surface area contributed by atoms with Crippen LogP contribution in [-0.2, 0) is 11.2 Å². The van der Waals surface area contributed by atoms with Gasteiger partial charge in [-0.15, -0.1) is 0 Å². The van der Waals surface area contributed by atoms with E-state index in [4.69, 9.17) is 9.15 Å². The molecule has 0 aliphatic rings. The second-order valence-electron chi connectivity index (χ2n) is 5.18. The Balaban J connectivity index is 2.17. The molecule has 21 heavy (non-hydrogen) atoms. The predicted octanol–water partition coefficient (Wildman–Crippen LogP) is 3.63. The van der Waals surface area contributed by atoms with Crippen molar-refractivity contribution in [2.24, 2.45) is 0 Å². The minimum absolute atomic E-state index is 0.164. The van der Waals surface area contributed by atoms with Crippen LogP contribution in [0.15, 0.2) is 28.9 Å². The van der Waals surface area contributed by atoms with E-state index >= 15 is 0 Å². The summed E-state index contributed by atoms with van der Waals surface area (Å²) in [7, 11) is 1.63. The fourth-order valence-electron chi connectivity index (χ4n) is 2.50. The van der Waals surface area contributed by atoms with E-state index in [2.05, 4.69) is 13.8 Å². The highest BCUT2D eigenvalue weighted by molar-refractivity contribution is 5.88.